The average Bonchev–Trinajstić information content (AvgIpc) is 2.90. The molecule has 0 aliphatic heterocycles. The van der Waals surface area contributed by atoms with Crippen LogP contribution in [0.3, 0.4) is 0 Å². The molecule has 0 radical (unpaired) electrons. The number of benzene rings is 1. The molecular weight excluding hydrogens is 258 g/mol. The summed E-state index contributed by atoms with van der Waals surface area (Å²) in [6, 6.07) is 6.97. The molecule has 0 saturated heterocycles. The van der Waals surface area contributed by atoms with Gasteiger partial charge in [-0.3, -0.25) is 0 Å². The van der Waals surface area contributed by atoms with Crippen LogP contribution in [-0.2, 0) is 17.8 Å². The number of aliphatic hydroxyl groups is 1. The third kappa shape index (κ3) is 2.70. The van der Waals surface area contributed by atoms with Crippen LogP contribution in [0.2, 0.25) is 0 Å². The summed E-state index contributed by atoms with van der Waals surface area (Å²) in [5.74, 6) is -0.397. The summed E-state index contributed by atoms with van der Waals surface area (Å²) < 4.78 is 6.36. The average molecular weight is 275 g/mol. The number of aliphatic hydroxyl groups excluding tert-OH is 1. The van der Waals surface area contributed by atoms with Gasteiger partial charge >= 0.3 is 5.97 Å². The zero-order valence-corrected chi connectivity index (χ0v) is 11.5. The van der Waals surface area contributed by atoms with E-state index >= 15 is 0 Å². The fourth-order valence-electron chi connectivity index (χ4n) is 2.03. The Morgan fingerprint density at radius 2 is 2.25 bits per heavy atom. The van der Waals surface area contributed by atoms with Crippen molar-refractivity contribution >= 4 is 5.97 Å². The maximum Gasteiger partial charge on any atom is 0.337 e. The van der Waals surface area contributed by atoms with Gasteiger partial charge in [0.05, 0.1) is 30.7 Å². The molecule has 20 heavy (non-hydrogen) atoms. The summed E-state index contributed by atoms with van der Waals surface area (Å²) >= 11 is 0. The highest BCUT2D eigenvalue weighted by molar-refractivity contribution is 5.89. The monoisotopic (exact) mass is 275 g/mol. The van der Waals surface area contributed by atoms with Crippen molar-refractivity contribution in [1.29, 1.82) is 0 Å². The minimum atomic E-state index is -0.397. The highest BCUT2D eigenvalue weighted by atomic mass is 16.5. The minimum absolute atomic E-state index is 0.147. The second-order valence-corrected chi connectivity index (χ2v) is 4.34. The molecule has 1 N–H and O–H groups in total. The Hall–Kier alpha value is -2.21. The van der Waals surface area contributed by atoms with Gasteiger partial charge in [0.2, 0.25) is 0 Å². The largest absolute Gasteiger partial charge is 0.465 e. The van der Waals surface area contributed by atoms with Gasteiger partial charge in [-0.1, -0.05) is 24.6 Å². The Bertz CT molecular complexity index is 607. The van der Waals surface area contributed by atoms with E-state index in [1.165, 1.54) is 7.11 Å². The van der Waals surface area contributed by atoms with E-state index in [9.17, 15) is 9.90 Å². The third-order valence-corrected chi connectivity index (χ3v) is 2.99. The summed E-state index contributed by atoms with van der Waals surface area (Å²) in [5.41, 5.74) is 2.60. The number of rotatable bonds is 5. The Labute approximate surface area is 117 Å². The molecule has 0 bridgehead atoms. The number of esters is 1. The third-order valence-electron chi connectivity index (χ3n) is 2.99. The maximum absolute atomic E-state index is 11.6. The SMILES string of the molecule is CCCc1c(CO)nnn1-c1cccc(C(=O)OC)c1. The van der Waals surface area contributed by atoms with E-state index in [2.05, 4.69) is 10.3 Å². The maximum atomic E-state index is 11.6. The molecule has 0 spiro atoms. The summed E-state index contributed by atoms with van der Waals surface area (Å²) in [6.45, 7) is 1.90. The van der Waals surface area contributed by atoms with Crippen LogP contribution in [0.1, 0.15) is 35.1 Å². The second-order valence-electron chi connectivity index (χ2n) is 4.34. The Kier molecular flexibility index (Phi) is 4.47. The van der Waals surface area contributed by atoms with Crippen LogP contribution in [-0.4, -0.2) is 33.2 Å². The number of hydrogen-bond donors (Lipinski definition) is 1. The van der Waals surface area contributed by atoms with E-state index in [0.717, 1.165) is 24.2 Å². The Balaban J connectivity index is 2.46. The quantitative estimate of drug-likeness (QED) is 0.837. The highest BCUT2D eigenvalue weighted by Crippen LogP contribution is 2.16. The van der Waals surface area contributed by atoms with Gasteiger partial charge in [-0.05, 0) is 24.6 Å². The minimum Gasteiger partial charge on any atom is -0.465 e. The molecule has 2 aromatic rings. The van der Waals surface area contributed by atoms with Crippen molar-refractivity contribution in [1.82, 2.24) is 15.0 Å². The van der Waals surface area contributed by atoms with Gasteiger partial charge in [0.25, 0.3) is 0 Å². The fraction of sp³-hybridized carbons (Fsp3) is 0.357. The molecule has 0 aliphatic rings. The molecule has 2 rings (SSSR count). The molecule has 6 heteroatoms. The Morgan fingerprint density at radius 1 is 1.45 bits per heavy atom. The molecule has 0 fully saturated rings. The molecule has 0 atom stereocenters. The molecule has 1 aromatic carbocycles. The van der Waals surface area contributed by atoms with E-state index in [-0.39, 0.29) is 6.61 Å². The van der Waals surface area contributed by atoms with Gasteiger partial charge < -0.3 is 9.84 Å². The van der Waals surface area contributed by atoms with Crippen LogP contribution in [0, 0.1) is 0 Å². The number of methoxy groups -OCH3 is 1. The van der Waals surface area contributed by atoms with E-state index in [0.29, 0.717) is 11.3 Å². The van der Waals surface area contributed by atoms with E-state index < -0.39 is 5.97 Å². The molecule has 0 saturated carbocycles. The standard InChI is InChI=1S/C14H17N3O3/c1-3-5-13-12(9-18)15-16-17(13)11-7-4-6-10(8-11)14(19)20-2/h4,6-8,18H,3,5,9H2,1-2H3. The summed E-state index contributed by atoms with van der Waals surface area (Å²) in [5, 5.41) is 17.3. The first-order valence-corrected chi connectivity index (χ1v) is 6.44. The van der Waals surface area contributed by atoms with E-state index in [1.807, 2.05) is 13.0 Å². The van der Waals surface area contributed by atoms with Crippen LogP contribution in [0.15, 0.2) is 24.3 Å². The van der Waals surface area contributed by atoms with Crippen LogP contribution < -0.4 is 0 Å². The van der Waals surface area contributed by atoms with Crippen molar-refractivity contribution in [3.05, 3.63) is 41.2 Å². The van der Waals surface area contributed by atoms with Crippen LogP contribution >= 0.6 is 0 Å². The van der Waals surface area contributed by atoms with Gasteiger partial charge in [-0.25, -0.2) is 9.48 Å². The van der Waals surface area contributed by atoms with Crippen molar-refractivity contribution in [2.24, 2.45) is 0 Å². The summed E-state index contributed by atoms with van der Waals surface area (Å²) in [6.07, 6.45) is 1.67. The van der Waals surface area contributed by atoms with Crippen LogP contribution in [0.25, 0.3) is 5.69 Å². The Morgan fingerprint density at radius 3 is 2.90 bits per heavy atom. The molecule has 1 heterocycles. The summed E-state index contributed by atoms with van der Waals surface area (Å²) in [4.78, 5) is 11.6. The molecule has 0 unspecified atom stereocenters. The first-order valence-electron chi connectivity index (χ1n) is 6.44. The zero-order valence-electron chi connectivity index (χ0n) is 11.5. The summed E-state index contributed by atoms with van der Waals surface area (Å²) in [7, 11) is 1.34. The lowest BCUT2D eigenvalue weighted by atomic mass is 10.1. The van der Waals surface area contributed by atoms with Crippen molar-refractivity contribution in [2.75, 3.05) is 7.11 Å². The highest BCUT2D eigenvalue weighted by Gasteiger charge is 2.14. The molecular formula is C14H17N3O3. The molecule has 0 aliphatic carbocycles. The molecule has 1 aromatic heterocycles. The topological polar surface area (TPSA) is 77.2 Å². The predicted octanol–water partition coefficient (Wildman–Crippen LogP) is 1.50. The molecule has 6 nitrogen and oxygen atoms in total. The van der Waals surface area contributed by atoms with Crippen LogP contribution in [0.4, 0.5) is 0 Å². The molecule has 0 amide bonds. The van der Waals surface area contributed by atoms with Crippen molar-refractivity contribution in [3.63, 3.8) is 0 Å². The number of aromatic nitrogens is 3. The number of carbonyl (C=O) groups is 1. The van der Waals surface area contributed by atoms with Crippen molar-refractivity contribution < 1.29 is 14.6 Å². The van der Waals surface area contributed by atoms with E-state index in [1.54, 1.807) is 22.9 Å². The normalized spacial score (nSPS) is 10.6. The zero-order chi connectivity index (χ0) is 14.5. The van der Waals surface area contributed by atoms with Crippen molar-refractivity contribution in [3.8, 4) is 5.69 Å². The lowest BCUT2D eigenvalue weighted by Gasteiger charge is -2.08. The first-order chi connectivity index (χ1) is 9.71. The number of nitrogens with zero attached hydrogens (tertiary/aromatic N) is 3. The van der Waals surface area contributed by atoms with Gasteiger partial charge in [0, 0.05) is 0 Å². The smallest absolute Gasteiger partial charge is 0.337 e. The number of carbonyl (C=O) groups excluding carboxylic acids is 1. The second kappa shape index (κ2) is 6.29. The van der Waals surface area contributed by atoms with Gasteiger partial charge in [0.1, 0.15) is 5.69 Å². The lowest BCUT2D eigenvalue weighted by molar-refractivity contribution is 0.0600. The molecule has 106 valence electrons. The number of hydrogen-bond acceptors (Lipinski definition) is 5. The van der Waals surface area contributed by atoms with Crippen LogP contribution in [0.5, 0.6) is 0 Å². The van der Waals surface area contributed by atoms with Gasteiger partial charge in [-0.15, -0.1) is 5.10 Å². The lowest BCUT2D eigenvalue weighted by Crippen LogP contribution is -2.06. The predicted molar refractivity (Wildman–Crippen MR) is 72.6 cm³/mol. The fourth-order valence-corrected chi connectivity index (χ4v) is 2.03. The van der Waals surface area contributed by atoms with E-state index in [4.69, 9.17) is 4.74 Å². The van der Waals surface area contributed by atoms with Crippen molar-refractivity contribution in [2.45, 2.75) is 26.4 Å². The van der Waals surface area contributed by atoms with Gasteiger partial charge in [0.15, 0.2) is 0 Å². The van der Waals surface area contributed by atoms with Gasteiger partial charge in [-0.2, -0.15) is 0 Å². The first kappa shape index (κ1) is 14.2. The number of ether oxygens (including phenoxy) is 1.